The molecule has 1 N–H and O–H groups in total. The molecule has 0 radical (unpaired) electrons. The third-order valence-electron chi connectivity index (χ3n) is 3.82. The summed E-state index contributed by atoms with van der Waals surface area (Å²) in [6.45, 7) is 1.75. The van der Waals surface area contributed by atoms with Crippen LogP contribution >= 0.6 is 0 Å². The summed E-state index contributed by atoms with van der Waals surface area (Å²) in [6, 6.07) is 19.3. The van der Waals surface area contributed by atoms with Crippen molar-refractivity contribution in [3.63, 3.8) is 0 Å². The molecule has 1 aliphatic heterocycles. The van der Waals surface area contributed by atoms with Crippen molar-refractivity contribution in [2.75, 3.05) is 6.54 Å². The van der Waals surface area contributed by atoms with Gasteiger partial charge in [-0.05, 0) is 42.6 Å². The molecule has 104 valence electrons. The van der Waals surface area contributed by atoms with Gasteiger partial charge in [0.1, 0.15) is 12.4 Å². The van der Waals surface area contributed by atoms with Crippen LogP contribution in [-0.2, 0) is 6.61 Å². The lowest BCUT2D eigenvalue weighted by atomic mass is 9.97. The highest BCUT2D eigenvalue weighted by Crippen LogP contribution is 2.26. The van der Waals surface area contributed by atoms with E-state index in [-0.39, 0.29) is 0 Å². The molecular weight excluding hydrogens is 246 g/mol. The number of piperidine rings is 1. The van der Waals surface area contributed by atoms with Gasteiger partial charge >= 0.3 is 0 Å². The summed E-state index contributed by atoms with van der Waals surface area (Å²) in [6.07, 6.45) is 3.83. The Hall–Kier alpha value is -1.80. The van der Waals surface area contributed by atoms with Crippen LogP contribution in [-0.4, -0.2) is 6.54 Å². The van der Waals surface area contributed by atoms with Crippen molar-refractivity contribution in [1.82, 2.24) is 5.32 Å². The second-order valence-electron chi connectivity index (χ2n) is 5.35. The number of rotatable bonds is 4. The summed E-state index contributed by atoms with van der Waals surface area (Å²) in [5, 5.41) is 3.58. The van der Waals surface area contributed by atoms with E-state index in [1.807, 2.05) is 24.3 Å². The molecule has 1 saturated heterocycles. The fraction of sp³-hybridized carbons (Fsp3) is 0.333. The van der Waals surface area contributed by atoms with Gasteiger partial charge in [0.05, 0.1) is 0 Å². The minimum atomic E-state index is 0.490. The number of ether oxygens (including phenoxy) is 1. The van der Waals surface area contributed by atoms with Crippen LogP contribution in [0.5, 0.6) is 5.75 Å². The largest absolute Gasteiger partial charge is 0.489 e. The van der Waals surface area contributed by atoms with Crippen LogP contribution in [0.1, 0.15) is 36.4 Å². The molecule has 2 heteroatoms. The second kappa shape index (κ2) is 6.58. The zero-order valence-corrected chi connectivity index (χ0v) is 11.7. The first kappa shape index (κ1) is 13.2. The van der Waals surface area contributed by atoms with Gasteiger partial charge in [-0.3, -0.25) is 0 Å². The monoisotopic (exact) mass is 267 g/mol. The average Bonchev–Trinajstić information content (AvgIpc) is 2.55. The topological polar surface area (TPSA) is 21.3 Å². The van der Waals surface area contributed by atoms with Crippen LogP contribution in [0.4, 0.5) is 0 Å². The van der Waals surface area contributed by atoms with E-state index in [1.165, 1.54) is 30.4 Å². The molecule has 0 spiro atoms. The quantitative estimate of drug-likeness (QED) is 0.901. The van der Waals surface area contributed by atoms with E-state index < -0.39 is 0 Å². The maximum Gasteiger partial charge on any atom is 0.120 e. The Balaban J connectivity index is 1.65. The van der Waals surface area contributed by atoms with Crippen LogP contribution < -0.4 is 10.1 Å². The maximum absolute atomic E-state index is 5.90. The highest BCUT2D eigenvalue weighted by atomic mass is 16.5. The van der Waals surface area contributed by atoms with Gasteiger partial charge in [0, 0.05) is 6.04 Å². The predicted octanol–water partition coefficient (Wildman–Crippen LogP) is 4.08. The first-order chi connectivity index (χ1) is 9.92. The van der Waals surface area contributed by atoms with Crippen LogP contribution in [0.25, 0.3) is 0 Å². The van der Waals surface area contributed by atoms with Crippen molar-refractivity contribution in [3.8, 4) is 5.75 Å². The molecule has 1 aliphatic rings. The van der Waals surface area contributed by atoms with Gasteiger partial charge in [-0.15, -0.1) is 0 Å². The van der Waals surface area contributed by atoms with Crippen molar-refractivity contribution < 1.29 is 4.74 Å². The zero-order valence-electron chi connectivity index (χ0n) is 11.7. The molecule has 1 fully saturated rings. The van der Waals surface area contributed by atoms with Gasteiger partial charge in [0.15, 0.2) is 0 Å². The maximum atomic E-state index is 5.90. The lowest BCUT2D eigenvalue weighted by Gasteiger charge is -2.24. The van der Waals surface area contributed by atoms with E-state index in [1.54, 1.807) is 0 Å². The SMILES string of the molecule is c1ccc(COc2cccc([C@@H]3CCCCN3)c2)cc1. The van der Waals surface area contributed by atoms with E-state index in [9.17, 15) is 0 Å². The van der Waals surface area contributed by atoms with E-state index in [0.29, 0.717) is 12.6 Å². The molecule has 0 bridgehead atoms. The van der Waals surface area contributed by atoms with Crippen LogP contribution in [0.2, 0.25) is 0 Å². The molecule has 1 atom stereocenters. The summed E-state index contributed by atoms with van der Waals surface area (Å²) in [4.78, 5) is 0. The lowest BCUT2D eigenvalue weighted by molar-refractivity contribution is 0.305. The smallest absolute Gasteiger partial charge is 0.120 e. The van der Waals surface area contributed by atoms with Gasteiger partial charge in [-0.1, -0.05) is 48.9 Å². The molecule has 20 heavy (non-hydrogen) atoms. The fourth-order valence-electron chi connectivity index (χ4n) is 2.70. The van der Waals surface area contributed by atoms with Crippen molar-refractivity contribution >= 4 is 0 Å². The lowest BCUT2D eigenvalue weighted by Crippen LogP contribution is -2.26. The van der Waals surface area contributed by atoms with Crippen LogP contribution in [0.3, 0.4) is 0 Å². The standard InChI is InChI=1S/C18H21NO/c1-2-7-15(8-3-1)14-20-17-10-6-9-16(13-17)18-11-4-5-12-19-18/h1-3,6-10,13,18-19H,4-5,11-12,14H2/t18-/m0/s1. The molecule has 0 aromatic heterocycles. The van der Waals surface area contributed by atoms with Crippen LogP contribution in [0, 0.1) is 0 Å². The highest BCUT2D eigenvalue weighted by molar-refractivity contribution is 5.31. The molecule has 3 rings (SSSR count). The van der Waals surface area contributed by atoms with E-state index in [4.69, 9.17) is 4.74 Å². The Kier molecular flexibility index (Phi) is 4.34. The average molecular weight is 267 g/mol. The van der Waals surface area contributed by atoms with Crippen molar-refractivity contribution in [3.05, 3.63) is 65.7 Å². The molecule has 2 aromatic carbocycles. The summed E-state index contributed by atoms with van der Waals surface area (Å²) in [5.74, 6) is 0.957. The minimum absolute atomic E-state index is 0.490. The van der Waals surface area contributed by atoms with Gasteiger partial charge in [0.25, 0.3) is 0 Å². The summed E-state index contributed by atoms with van der Waals surface area (Å²) >= 11 is 0. The van der Waals surface area contributed by atoms with E-state index in [2.05, 4.69) is 35.6 Å². The molecule has 0 saturated carbocycles. The van der Waals surface area contributed by atoms with Crippen molar-refractivity contribution in [2.24, 2.45) is 0 Å². The first-order valence-corrected chi connectivity index (χ1v) is 7.42. The Bertz CT molecular complexity index is 532. The predicted molar refractivity (Wildman–Crippen MR) is 81.8 cm³/mol. The third-order valence-corrected chi connectivity index (χ3v) is 3.82. The number of hydrogen-bond acceptors (Lipinski definition) is 2. The molecule has 1 heterocycles. The number of hydrogen-bond donors (Lipinski definition) is 1. The number of nitrogens with one attached hydrogen (secondary N) is 1. The molecule has 0 unspecified atom stereocenters. The first-order valence-electron chi connectivity index (χ1n) is 7.42. The Morgan fingerprint density at radius 2 is 1.90 bits per heavy atom. The molecule has 2 nitrogen and oxygen atoms in total. The fourth-order valence-corrected chi connectivity index (χ4v) is 2.70. The van der Waals surface area contributed by atoms with Gasteiger partial charge in [-0.25, -0.2) is 0 Å². The summed E-state index contributed by atoms with van der Waals surface area (Å²) < 4.78 is 5.90. The van der Waals surface area contributed by atoms with Gasteiger partial charge in [-0.2, -0.15) is 0 Å². The van der Waals surface area contributed by atoms with Crippen LogP contribution in [0.15, 0.2) is 54.6 Å². The number of benzene rings is 2. The van der Waals surface area contributed by atoms with Crippen molar-refractivity contribution in [2.45, 2.75) is 31.9 Å². The van der Waals surface area contributed by atoms with Gasteiger partial charge in [0.2, 0.25) is 0 Å². The molecule has 2 aromatic rings. The van der Waals surface area contributed by atoms with Gasteiger partial charge < -0.3 is 10.1 Å². The third kappa shape index (κ3) is 3.40. The molecule has 0 amide bonds. The molecule has 0 aliphatic carbocycles. The summed E-state index contributed by atoms with van der Waals surface area (Å²) in [7, 11) is 0. The summed E-state index contributed by atoms with van der Waals surface area (Å²) in [5.41, 5.74) is 2.55. The minimum Gasteiger partial charge on any atom is -0.489 e. The van der Waals surface area contributed by atoms with E-state index in [0.717, 1.165) is 12.3 Å². The highest BCUT2D eigenvalue weighted by Gasteiger charge is 2.14. The van der Waals surface area contributed by atoms with Crippen molar-refractivity contribution in [1.29, 1.82) is 0 Å². The zero-order chi connectivity index (χ0) is 13.6. The van der Waals surface area contributed by atoms with E-state index >= 15 is 0 Å². The Morgan fingerprint density at radius 1 is 1.00 bits per heavy atom. The normalized spacial score (nSPS) is 18.7. The Labute approximate surface area is 120 Å². The Morgan fingerprint density at radius 3 is 2.70 bits per heavy atom. The molecular formula is C18H21NO. The second-order valence-corrected chi connectivity index (χ2v) is 5.35.